The van der Waals surface area contributed by atoms with Gasteiger partial charge in [-0.05, 0) is 93.0 Å². The van der Waals surface area contributed by atoms with E-state index in [1.807, 2.05) is 29.2 Å². The van der Waals surface area contributed by atoms with Crippen LogP contribution in [0.2, 0.25) is 0 Å². The quantitative estimate of drug-likeness (QED) is 0.0968. The van der Waals surface area contributed by atoms with Crippen LogP contribution in [0.25, 0.3) is 6.08 Å². The Morgan fingerprint density at radius 3 is 2.44 bits per heavy atom. The topological polar surface area (TPSA) is 165 Å². The standard InChI is InChI=1S/C47H54N8O6/c56-41(19-15-35-11-9-23-48-32-35)49-24-6-5-10-34-21-26-54(27-22-34)45(59)37-16-18-40(50-33-37)53-30-28-52(29-31-53)25-7-3-1-2-4-12-36-13-8-14-38-43(36)47(61)55(46(38)60)39-17-20-42(57)51-44(39)58/h8-9,11,13-16,18-19,23,32-34,39H,1-3,5-7,10,17,20-22,24-31H2,(H,49,56)(H,51,57,58)/b19-15+. The molecule has 6 amide bonds. The Balaban J connectivity index is 0.749. The van der Waals surface area contributed by atoms with Crippen LogP contribution < -0.4 is 15.5 Å². The van der Waals surface area contributed by atoms with Gasteiger partial charge in [0.1, 0.15) is 11.9 Å². The number of hydrogen-bond acceptors (Lipinski definition) is 10. The molecule has 6 heterocycles. The van der Waals surface area contributed by atoms with Gasteiger partial charge in [0.15, 0.2) is 0 Å². The van der Waals surface area contributed by atoms with Gasteiger partial charge in [-0.1, -0.05) is 43.2 Å². The van der Waals surface area contributed by atoms with Crippen molar-refractivity contribution >= 4 is 47.3 Å². The van der Waals surface area contributed by atoms with E-state index in [1.54, 1.807) is 48.9 Å². The van der Waals surface area contributed by atoms with E-state index in [0.717, 1.165) is 113 Å². The molecule has 3 saturated heterocycles. The molecule has 0 radical (unpaired) electrons. The number of piperidine rings is 2. The summed E-state index contributed by atoms with van der Waals surface area (Å²) in [5, 5.41) is 5.18. The van der Waals surface area contributed by atoms with E-state index in [2.05, 4.69) is 42.2 Å². The van der Waals surface area contributed by atoms with Crippen LogP contribution in [-0.4, -0.2) is 119 Å². The fourth-order valence-corrected chi connectivity index (χ4v) is 8.48. The molecule has 3 fully saturated rings. The fourth-order valence-electron chi connectivity index (χ4n) is 8.48. The molecule has 3 aromatic rings. The monoisotopic (exact) mass is 826 g/mol. The van der Waals surface area contributed by atoms with Crippen LogP contribution >= 0.6 is 0 Å². The third-order valence-electron chi connectivity index (χ3n) is 12.0. The SMILES string of the molecule is O=C(/C=C/c1cccnc1)NCCCCC1CCN(C(=O)c2ccc(N3CCN(CCCCCC#Cc4cccc5c4C(=O)N(C4CCC(=O)NC4=O)C5=O)CC3)nc2)CC1. The van der Waals surface area contributed by atoms with E-state index in [0.29, 0.717) is 30.0 Å². The fraction of sp³-hybridized carbons (Fsp3) is 0.447. The molecule has 0 spiro atoms. The molecule has 4 aliphatic heterocycles. The van der Waals surface area contributed by atoms with Crippen LogP contribution in [0.4, 0.5) is 5.82 Å². The first-order valence-electron chi connectivity index (χ1n) is 21.7. The van der Waals surface area contributed by atoms with Gasteiger partial charge in [-0.15, -0.1) is 0 Å². The Bertz CT molecular complexity index is 2170. The molecule has 4 aliphatic rings. The molecule has 61 heavy (non-hydrogen) atoms. The Morgan fingerprint density at radius 1 is 0.852 bits per heavy atom. The minimum atomic E-state index is -1.00. The minimum absolute atomic E-state index is 0.0453. The predicted octanol–water partition coefficient (Wildman–Crippen LogP) is 4.46. The third-order valence-corrected chi connectivity index (χ3v) is 12.0. The molecular weight excluding hydrogens is 773 g/mol. The molecule has 7 rings (SSSR count). The number of fused-ring (bicyclic) bond motifs is 1. The smallest absolute Gasteiger partial charge is 0.263 e. The van der Waals surface area contributed by atoms with E-state index >= 15 is 0 Å². The highest BCUT2D eigenvalue weighted by Gasteiger charge is 2.45. The van der Waals surface area contributed by atoms with E-state index in [9.17, 15) is 28.8 Å². The first-order chi connectivity index (χ1) is 29.7. The van der Waals surface area contributed by atoms with Crippen molar-refractivity contribution in [1.82, 2.24) is 35.3 Å². The van der Waals surface area contributed by atoms with E-state index in [1.165, 1.54) is 0 Å². The highest BCUT2D eigenvalue weighted by Crippen LogP contribution is 2.30. The maximum absolute atomic E-state index is 13.3. The molecule has 1 atom stereocenters. The number of piperazine rings is 1. The first kappa shape index (κ1) is 42.9. The van der Waals surface area contributed by atoms with Crippen LogP contribution in [0.3, 0.4) is 0 Å². The van der Waals surface area contributed by atoms with Crippen molar-refractivity contribution in [2.24, 2.45) is 5.92 Å². The first-order valence-corrected chi connectivity index (χ1v) is 21.7. The van der Waals surface area contributed by atoms with Gasteiger partial charge in [0.25, 0.3) is 17.7 Å². The van der Waals surface area contributed by atoms with Crippen molar-refractivity contribution in [3.8, 4) is 11.8 Å². The van der Waals surface area contributed by atoms with Crippen molar-refractivity contribution in [2.75, 3.05) is 57.3 Å². The van der Waals surface area contributed by atoms with Gasteiger partial charge in [-0.3, -0.25) is 48.9 Å². The number of nitrogens with one attached hydrogen (secondary N) is 2. The van der Waals surface area contributed by atoms with Crippen molar-refractivity contribution < 1.29 is 28.8 Å². The predicted molar refractivity (Wildman–Crippen MR) is 230 cm³/mol. The van der Waals surface area contributed by atoms with E-state index in [4.69, 9.17) is 0 Å². The van der Waals surface area contributed by atoms with E-state index in [-0.39, 0.29) is 35.8 Å². The number of aromatic nitrogens is 2. The van der Waals surface area contributed by atoms with Crippen molar-refractivity contribution in [1.29, 1.82) is 0 Å². The molecule has 14 heteroatoms. The lowest BCUT2D eigenvalue weighted by molar-refractivity contribution is -0.136. The largest absolute Gasteiger partial charge is 0.354 e. The number of hydrogen-bond donors (Lipinski definition) is 2. The van der Waals surface area contributed by atoms with Crippen LogP contribution in [-0.2, 0) is 14.4 Å². The van der Waals surface area contributed by atoms with Crippen molar-refractivity contribution in [2.45, 2.75) is 76.7 Å². The number of likely N-dealkylation sites (tertiary alicyclic amines) is 1. The lowest BCUT2D eigenvalue weighted by atomic mass is 9.91. The van der Waals surface area contributed by atoms with Crippen molar-refractivity contribution in [3.05, 3.63) is 94.9 Å². The van der Waals surface area contributed by atoms with Gasteiger partial charge in [-0.25, -0.2) is 4.98 Å². The molecule has 1 aromatic carbocycles. The lowest BCUT2D eigenvalue weighted by Gasteiger charge is -2.35. The molecule has 14 nitrogen and oxygen atoms in total. The molecule has 2 aromatic heterocycles. The molecule has 0 aliphatic carbocycles. The number of unbranched alkanes of at least 4 members (excludes halogenated alkanes) is 4. The van der Waals surface area contributed by atoms with Gasteiger partial charge < -0.3 is 15.1 Å². The van der Waals surface area contributed by atoms with Crippen molar-refractivity contribution in [3.63, 3.8) is 0 Å². The maximum atomic E-state index is 13.3. The summed E-state index contributed by atoms with van der Waals surface area (Å²) in [5.41, 5.74) is 2.47. The average Bonchev–Trinajstić information content (AvgIpc) is 3.54. The minimum Gasteiger partial charge on any atom is -0.354 e. The van der Waals surface area contributed by atoms with Gasteiger partial charge >= 0.3 is 0 Å². The summed E-state index contributed by atoms with van der Waals surface area (Å²) < 4.78 is 0. The highest BCUT2D eigenvalue weighted by molar-refractivity contribution is 6.24. The summed E-state index contributed by atoms with van der Waals surface area (Å²) in [4.78, 5) is 92.1. The maximum Gasteiger partial charge on any atom is 0.263 e. The van der Waals surface area contributed by atoms with Crippen LogP contribution in [0.5, 0.6) is 0 Å². The zero-order valence-electron chi connectivity index (χ0n) is 34.7. The zero-order chi connectivity index (χ0) is 42.6. The van der Waals surface area contributed by atoms with E-state index < -0.39 is 29.7 Å². The second kappa shape index (κ2) is 20.9. The van der Waals surface area contributed by atoms with Gasteiger partial charge in [0, 0.05) is 88.9 Å². The molecule has 2 N–H and O–H groups in total. The van der Waals surface area contributed by atoms with Crippen LogP contribution in [0.1, 0.15) is 113 Å². The Morgan fingerprint density at radius 2 is 1.69 bits per heavy atom. The second-order valence-electron chi connectivity index (χ2n) is 16.2. The van der Waals surface area contributed by atoms with Gasteiger partial charge in [0.05, 0.1) is 16.7 Å². The third kappa shape index (κ3) is 11.1. The zero-order valence-corrected chi connectivity index (χ0v) is 34.7. The van der Waals surface area contributed by atoms with Gasteiger partial charge in [0.2, 0.25) is 17.7 Å². The summed E-state index contributed by atoms with van der Waals surface area (Å²) >= 11 is 0. The number of carbonyl (C=O) groups is 6. The van der Waals surface area contributed by atoms with Crippen LogP contribution in [0.15, 0.2) is 67.1 Å². The number of amides is 6. The summed E-state index contributed by atoms with van der Waals surface area (Å²) in [6.07, 6.45) is 17.4. The lowest BCUT2D eigenvalue weighted by Crippen LogP contribution is -2.54. The number of pyridine rings is 2. The Kier molecular flexibility index (Phi) is 14.7. The Hall–Kier alpha value is -6.20. The Labute approximate surface area is 357 Å². The number of anilines is 1. The number of rotatable bonds is 15. The highest BCUT2D eigenvalue weighted by atomic mass is 16.2. The molecule has 0 bridgehead atoms. The second-order valence-corrected chi connectivity index (χ2v) is 16.2. The number of nitrogens with zero attached hydrogens (tertiary/aromatic N) is 6. The van der Waals surface area contributed by atoms with Gasteiger partial charge in [-0.2, -0.15) is 0 Å². The van der Waals surface area contributed by atoms with Crippen LogP contribution in [0, 0.1) is 17.8 Å². The molecule has 1 unspecified atom stereocenters. The number of benzene rings is 1. The summed E-state index contributed by atoms with van der Waals surface area (Å²) in [6, 6.07) is 11.6. The number of imide groups is 2. The normalized spacial score (nSPS) is 18.6. The number of carbonyl (C=O) groups excluding carboxylic acids is 6. The summed E-state index contributed by atoms with van der Waals surface area (Å²) in [5.74, 6) is 5.59. The summed E-state index contributed by atoms with van der Waals surface area (Å²) in [6.45, 7) is 6.80. The average molecular weight is 827 g/mol. The molecule has 0 saturated carbocycles. The molecular formula is C47H54N8O6. The summed E-state index contributed by atoms with van der Waals surface area (Å²) in [7, 11) is 0. The molecule has 318 valence electrons.